The van der Waals surface area contributed by atoms with Crippen LogP contribution in [-0.4, -0.2) is 26.8 Å². The Kier molecular flexibility index (Phi) is 4.19. The van der Waals surface area contributed by atoms with Crippen LogP contribution in [0.2, 0.25) is 0 Å². The number of benzene rings is 2. The minimum atomic E-state index is -0.104. The highest BCUT2D eigenvalue weighted by atomic mass is 16.7. The van der Waals surface area contributed by atoms with Crippen molar-refractivity contribution in [2.75, 3.05) is 21.0 Å². The van der Waals surface area contributed by atoms with Crippen molar-refractivity contribution in [2.45, 2.75) is 0 Å². The number of hydrogen-bond donors (Lipinski definition) is 0. The van der Waals surface area contributed by atoms with Gasteiger partial charge in [-0.15, -0.1) is 0 Å². The molecule has 0 N–H and O–H groups in total. The van der Waals surface area contributed by atoms with Gasteiger partial charge in [-0.25, -0.2) is 0 Å². The standard InChI is InChI=1S/C18H16O5/c1-20-14-7-3-12(4-8-14)15(19)9-5-13-6-10-16-18(17(13)21-2)23-11-22-16/h3-10H,11H2,1-2H3/b9-5+. The molecular formula is C18H16O5. The van der Waals surface area contributed by atoms with Gasteiger partial charge in [0.05, 0.1) is 14.2 Å². The maximum atomic E-state index is 12.2. The molecule has 3 rings (SSSR count). The average Bonchev–Trinajstić information content (AvgIpc) is 3.07. The SMILES string of the molecule is COc1ccc(C(=O)/C=C/c2ccc3c(c2OC)OCO3)cc1. The second-order valence-electron chi connectivity index (χ2n) is 4.85. The highest BCUT2D eigenvalue weighted by molar-refractivity contribution is 6.07. The molecule has 0 amide bonds. The van der Waals surface area contributed by atoms with Crippen molar-refractivity contribution in [3.05, 3.63) is 53.6 Å². The summed E-state index contributed by atoms with van der Waals surface area (Å²) in [5.41, 5.74) is 1.33. The molecule has 1 aliphatic heterocycles. The number of fused-ring (bicyclic) bond motifs is 1. The number of ether oxygens (including phenoxy) is 4. The van der Waals surface area contributed by atoms with Crippen LogP contribution in [0.15, 0.2) is 42.5 Å². The first kappa shape index (κ1) is 15.0. The summed E-state index contributed by atoms with van der Waals surface area (Å²) in [5, 5.41) is 0. The molecule has 0 unspecified atom stereocenters. The summed E-state index contributed by atoms with van der Waals surface area (Å²) in [7, 11) is 3.14. The molecule has 5 nitrogen and oxygen atoms in total. The first-order valence-corrected chi connectivity index (χ1v) is 7.06. The predicted octanol–water partition coefficient (Wildman–Crippen LogP) is 3.33. The van der Waals surface area contributed by atoms with Gasteiger partial charge in [0.1, 0.15) is 5.75 Å². The van der Waals surface area contributed by atoms with Gasteiger partial charge in [-0.05, 0) is 48.6 Å². The largest absolute Gasteiger partial charge is 0.497 e. The summed E-state index contributed by atoms with van der Waals surface area (Å²) in [6.07, 6.45) is 3.20. The van der Waals surface area contributed by atoms with Crippen molar-refractivity contribution in [2.24, 2.45) is 0 Å². The molecule has 1 aliphatic rings. The number of carbonyl (C=O) groups excluding carboxylic acids is 1. The number of carbonyl (C=O) groups is 1. The number of ketones is 1. The van der Waals surface area contributed by atoms with Gasteiger partial charge in [0.25, 0.3) is 0 Å². The molecular weight excluding hydrogens is 296 g/mol. The van der Waals surface area contributed by atoms with E-state index in [1.54, 1.807) is 50.6 Å². The van der Waals surface area contributed by atoms with Crippen LogP contribution in [-0.2, 0) is 0 Å². The van der Waals surface area contributed by atoms with Gasteiger partial charge in [-0.2, -0.15) is 0 Å². The van der Waals surface area contributed by atoms with Crippen LogP contribution < -0.4 is 18.9 Å². The summed E-state index contributed by atoms with van der Waals surface area (Å²) in [5.74, 6) is 2.36. The molecule has 118 valence electrons. The van der Waals surface area contributed by atoms with Gasteiger partial charge < -0.3 is 18.9 Å². The number of allylic oxidation sites excluding steroid dienone is 1. The van der Waals surface area contributed by atoms with E-state index in [9.17, 15) is 4.79 Å². The topological polar surface area (TPSA) is 54.0 Å². The molecule has 0 atom stereocenters. The first-order valence-electron chi connectivity index (χ1n) is 7.06. The van der Waals surface area contributed by atoms with Crippen LogP contribution in [0, 0.1) is 0 Å². The van der Waals surface area contributed by atoms with Gasteiger partial charge in [-0.3, -0.25) is 4.79 Å². The highest BCUT2D eigenvalue weighted by Crippen LogP contribution is 2.43. The molecule has 1 heterocycles. The molecule has 0 radical (unpaired) electrons. The molecule has 2 aromatic carbocycles. The van der Waals surface area contributed by atoms with E-state index in [1.807, 2.05) is 6.07 Å². The van der Waals surface area contributed by atoms with E-state index in [1.165, 1.54) is 6.08 Å². The third-order valence-electron chi connectivity index (χ3n) is 3.52. The van der Waals surface area contributed by atoms with Crippen LogP contribution in [0.3, 0.4) is 0 Å². The van der Waals surface area contributed by atoms with Crippen LogP contribution in [0.1, 0.15) is 15.9 Å². The molecule has 0 aromatic heterocycles. The zero-order chi connectivity index (χ0) is 16.2. The lowest BCUT2D eigenvalue weighted by atomic mass is 10.1. The maximum Gasteiger partial charge on any atom is 0.231 e. The summed E-state index contributed by atoms with van der Waals surface area (Å²) in [6.45, 7) is 0.170. The van der Waals surface area contributed by atoms with Gasteiger partial charge in [0.15, 0.2) is 17.3 Å². The Bertz CT molecular complexity index is 747. The van der Waals surface area contributed by atoms with Gasteiger partial charge in [0, 0.05) is 11.1 Å². The monoisotopic (exact) mass is 312 g/mol. The summed E-state index contributed by atoms with van der Waals surface area (Å²) >= 11 is 0. The Hall–Kier alpha value is -2.95. The normalized spacial score (nSPS) is 12.4. The number of rotatable bonds is 5. The Labute approximate surface area is 134 Å². The van der Waals surface area contributed by atoms with E-state index in [0.717, 1.165) is 5.56 Å². The van der Waals surface area contributed by atoms with Crippen molar-refractivity contribution >= 4 is 11.9 Å². The number of methoxy groups -OCH3 is 2. The van der Waals surface area contributed by atoms with Crippen molar-refractivity contribution in [3.8, 4) is 23.0 Å². The van der Waals surface area contributed by atoms with E-state index in [2.05, 4.69) is 0 Å². The van der Waals surface area contributed by atoms with Crippen LogP contribution in [0.4, 0.5) is 0 Å². The van der Waals surface area contributed by atoms with Crippen LogP contribution in [0.5, 0.6) is 23.0 Å². The third kappa shape index (κ3) is 2.99. The lowest BCUT2D eigenvalue weighted by Gasteiger charge is -2.08. The van der Waals surface area contributed by atoms with E-state index in [4.69, 9.17) is 18.9 Å². The van der Waals surface area contributed by atoms with E-state index in [-0.39, 0.29) is 12.6 Å². The minimum Gasteiger partial charge on any atom is -0.497 e. The second-order valence-corrected chi connectivity index (χ2v) is 4.85. The fourth-order valence-electron chi connectivity index (χ4n) is 2.32. The fraction of sp³-hybridized carbons (Fsp3) is 0.167. The summed E-state index contributed by atoms with van der Waals surface area (Å²) < 4.78 is 21.2. The summed E-state index contributed by atoms with van der Waals surface area (Å²) in [4.78, 5) is 12.2. The van der Waals surface area contributed by atoms with Crippen LogP contribution in [0.25, 0.3) is 6.08 Å². The Morgan fingerprint density at radius 3 is 2.52 bits per heavy atom. The second kappa shape index (κ2) is 6.44. The Balaban J connectivity index is 1.83. The third-order valence-corrected chi connectivity index (χ3v) is 3.52. The van der Waals surface area contributed by atoms with Crippen molar-refractivity contribution in [1.29, 1.82) is 0 Å². The Morgan fingerprint density at radius 1 is 1.04 bits per heavy atom. The zero-order valence-corrected chi connectivity index (χ0v) is 12.9. The maximum absolute atomic E-state index is 12.2. The lowest BCUT2D eigenvalue weighted by Crippen LogP contribution is -1.95. The molecule has 0 aliphatic carbocycles. The van der Waals surface area contributed by atoms with Gasteiger partial charge >= 0.3 is 0 Å². The zero-order valence-electron chi connectivity index (χ0n) is 12.9. The van der Waals surface area contributed by atoms with Crippen molar-refractivity contribution in [3.63, 3.8) is 0 Å². The lowest BCUT2D eigenvalue weighted by molar-refractivity contribution is 0.104. The van der Waals surface area contributed by atoms with Crippen LogP contribution >= 0.6 is 0 Å². The van der Waals surface area contributed by atoms with Gasteiger partial charge in [0.2, 0.25) is 12.5 Å². The predicted molar refractivity (Wildman–Crippen MR) is 85.5 cm³/mol. The van der Waals surface area contributed by atoms with Crippen molar-refractivity contribution < 1.29 is 23.7 Å². The minimum absolute atomic E-state index is 0.104. The molecule has 0 saturated carbocycles. The Morgan fingerprint density at radius 2 is 1.83 bits per heavy atom. The number of hydrogen-bond acceptors (Lipinski definition) is 5. The summed E-state index contributed by atoms with van der Waals surface area (Å²) in [6, 6.07) is 10.6. The van der Waals surface area contributed by atoms with E-state index in [0.29, 0.717) is 28.6 Å². The van der Waals surface area contributed by atoms with E-state index < -0.39 is 0 Å². The van der Waals surface area contributed by atoms with Crippen molar-refractivity contribution in [1.82, 2.24) is 0 Å². The molecule has 0 spiro atoms. The smallest absolute Gasteiger partial charge is 0.231 e. The molecule has 2 aromatic rings. The molecule has 0 bridgehead atoms. The van der Waals surface area contributed by atoms with E-state index >= 15 is 0 Å². The molecule has 23 heavy (non-hydrogen) atoms. The molecule has 0 fully saturated rings. The average molecular weight is 312 g/mol. The first-order chi connectivity index (χ1) is 11.2. The fourth-order valence-corrected chi connectivity index (χ4v) is 2.32. The molecule has 5 heteroatoms. The highest BCUT2D eigenvalue weighted by Gasteiger charge is 2.20. The quantitative estimate of drug-likeness (QED) is 0.626. The van der Waals surface area contributed by atoms with Gasteiger partial charge in [-0.1, -0.05) is 0 Å². The molecule has 0 saturated heterocycles.